The number of halogens is 1. The van der Waals surface area contributed by atoms with Crippen LogP contribution in [0.1, 0.15) is 31.2 Å². The van der Waals surface area contributed by atoms with Crippen LogP contribution in [0, 0.1) is 0 Å². The van der Waals surface area contributed by atoms with E-state index in [0.29, 0.717) is 0 Å². The molecule has 1 aromatic rings. The summed E-state index contributed by atoms with van der Waals surface area (Å²) in [6.45, 7) is 12.1. The van der Waals surface area contributed by atoms with Crippen LogP contribution in [0.5, 0.6) is 0 Å². The van der Waals surface area contributed by atoms with E-state index in [4.69, 9.17) is 4.43 Å². The Morgan fingerprint density at radius 1 is 1.18 bits per heavy atom. The average Bonchev–Trinajstić information content (AvgIpc) is 2.25. The van der Waals surface area contributed by atoms with Gasteiger partial charge < -0.3 is 4.43 Å². The molecule has 0 amide bonds. The van der Waals surface area contributed by atoms with Crippen LogP contribution in [-0.4, -0.2) is 14.9 Å². The molecule has 1 nitrogen and oxygen atoms in total. The maximum atomic E-state index is 6.20. The Kier molecular flexibility index (Phi) is 4.99. The van der Waals surface area contributed by atoms with Crippen molar-refractivity contribution in [1.29, 1.82) is 0 Å². The third-order valence-electron chi connectivity index (χ3n) is 3.56. The summed E-state index contributed by atoms with van der Waals surface area (Å²) in [4.78, 5) is 0.290. The quantitative estimate of drug-likeness (QED) is 0.552. The molecule has 1 aromatic carbocycles. The summed E-state index contributed by atoms with van der Waals surface area (Å²) in [5.41, 5.74) is 1.28. The minimum Gasteiger partial charge on any atom is -0.415 e. The van der Waals surface area contributed by atoms with Gasteiger partial charge in [-0.1, -0.05) is 67.0 Å². The van der Waals surface area contributed by atoms with Crippen LogP contribution in [0.3, 0.4) is 0 Å². The summed E-state index contributed by atoms with van der Waals surface area (Å²) in [5, 5.41) is 0.274. The number of alkyl halides is 1. The van der Waals surface area contributed by atoms with E-state index >= 15 is 0 Å². The highest BCUT2D eigenvalue weighted by molar-refractivity contribution is 9.09. The summed E-state index contributed by atoms with van der Waals surface area (Å²) in [7, 11) is -1.63. The number of hydrogen-bond acceptors (Lipinski definition) is 1. The van der Waals surface area contributed by atoms with E-state index in [0.717, 1.165) is 6.61 Å². The molecule has 1 unspecified atom stereocenters. The average molecular weight is 315 g/mol. The third-order valence-corrected chi connectivity index (χ3v) is 8.85. The van der Waals surface area contributed by atoms with E-state index in [9.17, 15) is 0 Å². The van der Waals surface area contributed by atoms with Crippen LogP contribution in [-0.2, 0) is 4.43 Å². The fourth-order valence-corrected chi connectivity index (χ4v) is 2.95. The highest BCUT2D eigenvalue weighted by Gasteiger charge is 2.37. The molecule has 0 aromatic heterocycles. The van der Waals surface area contributed by atoms with Crippen molar-refractivity contribution in [1.82, 2.24) is 0 Å². The largest absolute Gasteiger partial charge is 0.415 e. The van der Waals surface area contributed by atoms with Crippen LogP contribution < -0.4 is 0 Å². The van der Waals surface area contributed by atoms with Gasteiger partial charge in [0.05, 0.1) is 11.4 Å². The summed E-state index contributed by atoms with van der Waals surface area (Å²) < 4.78 is 6.20. The fourth-order valence-electron chi connectivity index (χ4n) is 1.26. The standard InChI is InChI=1S/C14H23BrOSi/c1-14(2,3)17(4,5)16-11-13(15)12-9-7-6-8-10-12/h6-10,13H,11H2,1-5H3. The Morgan fingerprint density at radius 2 is 1.71 bits per heavy atom. The van der Waals surface area contributed by atoms with E-state index in [1.807, 2.05) is 6.07 Å². The lowest BCUT2D eigenvalue weighted by Crippen LogP contribution is -2.41. The van der Waals surface area contributed by atoms with Gasteiger partial charge in [-0.15, -0.1) is 0 Å². The minimum absolute atomic E-state index is 0.274. The van der Waals surface area contributed by atoms with Gasteiger partial charge in [-0.05, 0) is 23.7 Å². The first-order valence-electron chi connectivity index (χ1n) is 6.07. The monoisotopic (exact) mass is 314 g/mol. The highest BCUT2D eigenvalue weighted by Crippen LogP contribution is 2.37. The lowest BCUT2D eigenvalue weighted by Gasteiger charge is -2.36. The summed E-state index contributed by atoms with van der Waals surface area (Å²) >= 11 is 3.70. The Morgan fingerprint density at radius 3 is 2.18 bits per heavy atom. The molecule has 0 radical (unpaired) electrons. The molecular formula is C14H23BrOSi. The van der Waals surface area contributed by atoms with Crippen LogP contribution in [0.25, 0.3) is 0 Å². The highest BCUT2D eigenvalue weighted by atomic mass is 79.9. The van der Waals surface area contributed by atoms with E-state index in [1.54, 1.807) is 0 Å². The third kappa shape index (κ3) is 4.23. The molecule has 1 atom stereocenters. The second-order valence-electron chi connectivity index (χ2n) is 5.95. The van der Waals surface area contributed by atoms with Crippen molar-refractivity contribution in [3.05, 3.63) is 35.9 Å². The SMILES string of the molecule is CC(C)(C)[Si](C)(C)OCC(Br)c1ccccc1. The van der Waals surface area contributed by atoms with Crippen molar-refractivity contribution in [2.75, 3.05) is 6.61 Å². The summed E-state index contributed by atoms with van der Waals surface area (Å²) in [6.07, 6.45) is 0. The first-order valence-corrected chi connectivity index (χ1v) is 9.89. The van der Waals surface area contributed by atoms with Crippen molar-refractivity contribution in [2.24, 2.45) is 0 Å². The lowest BCUT2D eigenvalue weighted by atomic mass is 10.2. The normalized spacial score (nSPS) is 14.7. The molecule has 0 heterocycles. The van der Waals surface area contributed by atoms with E-state index in [-0.39, 0.29) is 9.87 Å². The van der Waals surface area contributed by atoms with Gasteiger partial charge in [0.25, 0.3) is 0 Å². The van der Waals surface area contributed by atoms with Crippen LogP contribution in [0.4, 0.5) is 0 Å². The Hall–Kier alpha value is -0.123. The molecule has 0 bridgehead atoms. The van der Waals surface area contributed by atoms with E-state index < -0.39 is 8.32 Å². The molecule has 0 N–H and O–H groups in total. The molecule has 0 fully saturated rings. The first kappa shape index (κ1) is 14.9. The van der Waals surface area contributed by atoms with Gasteiger partial charge in [0, 0.05) is 0 Å². The zero-order valence-electron chi connectivity index (χ0n) is 11.5. The molecule has 0 aliphatic carbocycles. The van der Waals surface area contributed by atoms with Crippen LogP contribution in [0.2, 0.25) is 18.1 Å². The zero-order chi connectivity index (χ0) is 13.1. The van der Waals surface area contributed by atoms with Crippen molar-refractivity contribution in [3.8, 4) is 0 Å². The predicted molar refractivity (Wildman–Crippen MR) is 81.3 cm³/mol. The van der Waals surface area contributed by atoms with Gasteiger partial charge in [0.1, 0.15) is 0 Å². The molecular weight excluding hydrogens is 292 g/mol. The first-order chi connectivity index (χ1) is 7.74. The smallest absolute Gasteiger partial charge is 0.192 e. The summed E-state index contributed by atoms with van der Waals surface area (Å²) in [6, 6.07) is 10.4. The molecule has 3 heteroatoms. The van der Waals surface area contributed by atoms with Crippen molar-refractivity contribution in [3.63, 3.8) is 0 Å². The van der Waals surface area contributed by atoms with Crippen LogP contribution >= 0.6 is 15.9 Å². The van der Waals surface area contributed by atoms with Gasteiger partial charge in [0.15, 0.2) is 8.32 Å². The maximum Gasteiger partial charge on any atom is 0.192 e. The van der Waals surface area contributed by atoms with Crippen molar-refractivity contribution < 1.29 is 4.43 Å². The van der Waals surface area contributed by atoms with Gasteiger partial charge in [-0.25, -0.2) is 0 Å². The van der Waals surface area contributed by atoms with Gasteiger partial charge in [-0.2, -0.15) is 0 Å². The Bertz CT molecular complexity index is 343. The van der Waals surface area contributed by atoms with Crippen molar-refractivity contribution in [2.45, 2.75) is 43.7 Å². The number of benzene rings is 1. The number of hydrogen-bond donors (Lipinski definition) is 0. The van der Waals surface area contributed by atoms with Gasteiger partial charge in [0.2, 0.25) is 0 Å². The molecule has 0 saturated heterocycles. The van der Waals surface area contributed by atoms with E-state index in [1.165, 1.54) is 5.56 Å². The van der Waals surface area contributed by atoms with Crippen molar-refractivity contribution >= 4 is 24.2 Å². The van der Waals surface area contributed by atoms with Gasteiger partial charge in [-0.3, -0.25) is 0 Å². The molecule has 17 heavy (non-hydrogen) atoms. The second-order valence-corrected chi connectivity index (χ2v) is 11.9. The molecule has 0 saturated carbocycles. The molecule has 1 rings (SSSR count). The molecule has 96 valence electrons. The lowest BCUT2D eigenvalue weighted by molar-refractivity contribution is 0.291. The minimum atomic E-state index is -1.63. The Balaban J connectivity index is 2.58. The Labute approximate surface area is 115 Å². The maximum absolute atomic E-state index is 6.20. The second kappa shape index (κ2) is 5.68. The topological polar surface area (TPSA) is 9.23 Å². The van der Waals surface area contributed by atoms with Gasteiger partial charge >= 0.3 is 0 Å². The zero-order valence-corrected chi connectivity index (χ0v) is 14.0. The molecule has 0 aliphatic rings. The molecule has 0 aliphatic heterocycles. The van der Waals surface area contributed by atoms with Crippen LogP contribution in [0.15, 0.2) is 30.3 Å². The fraction of sp³-hybridized carbons (Fsp3) is 0.571. The molecule has 0 spiro atoms. The van der Waals surface area contributed by atoms with E-state index in [2.05, 4.69) is 74.1 Å². The summed E-state index contributed by atoms with van der Waals surface area (Å²) in [5.74, 6) is 0. The number of rotatable bonds is 4. The predicted octanol–water partition coefficient (Wildman–Crippen LogP) is 5.14.